The lowest BCUT2D eigenvalue weighted by atomic mass is 10.2. The zero-order valence-electron chi connectivity index (χ0n) is 16.2. The van der Waals surface area contributed by atoms with Gasteiger partial charge in [0.1, 0.15) is 5.75 Å². The second kappa shape index (κ2) is 10.7. The van der Waals surface area contributed by atoms with Gasteiger partial charge in [-0.25, -0.2) is 0 Å². The van der Waals surface area contributed by atoms with Gasteiger partial charge in [-0.1, -0.05) is 12.1 Å². The maximum Gasteiger partial charge on any atom is 0.416 e. The maximum atomic E-state index is 12.6. The number of aliphatic hydroxyl groups is 1. The first kappa shape index (κ1) is 22.5. The molecule has 0 unspecified atom stereocenters. The fourth-order valence-corrected chi connectivity index (χ4v) is 2.67. The molecule has 0 aliphatic rings. The van der Waals surface area contributed by atoms with Crippen molar-refractivity contribution in [2.75, 3.05) is 31.6 Å². The lowest BCUT2D eigenvalue weighted by Crippen LogP contribution is -2.36. The Balaban J connectivity index is 1.72. The molecule has 0 bridgehead atoms. The highest BCUT2D eigenvalue weighted by Gasteiger charge is 2.29. The summed E-state index contributed by atoms with van der Waals surface area (Å²) >= 11 is 0. The molecule has 0 spiro atoms. The van der Waals surface area contributed by atoms with Crippen molar-refractivity contribution in [2.24, 2.45) is 0 Å². The van der Waals surface area contributed by atoms with Crippen LogP contribution in [-0.4, -0.2) is 42.2 Å². The van der Waals surface area contributed by atoms with E-state index in [0.717, 1.165) is 17.7 Å². The largest absolute Gasteiger partial charge is 0.484 e. The number of alkyl halides is 3. The minimum atomic E-state index is -4.34. The second-order valence-corrected chi connectivity index (χ2v) is 6.42. The molecule has 2 N–H and O–H groups in total. The van der Waals surface area contributed by atoms with Crippen LogP contribution in [0.1, 0.15) is 24.5 Å². The van der Waals surface area contributed by atoms with Crippen molar-refractivity contribution in [3.05, 3.63) is 59.7 Å². The molecular formula is C21H25F3N2O3. The first-order chi connectivity index (χ1) is 13.8. The van der Waals surface area contributed by atoms with Crippen LogP contribution < -0.4 is 10.1 Å². The molecule has 0 aliphatic carbocycles. The van der Waals surface area contributed by atoms with Crippen LogP contribution in [0.25, 0.3) is 0 Å². The van der Waals surface area contributed by atoms with Gasteiger partial charge in [0.2, 0.25) is 0 Å². The Hall–Kier alpha value is -2.74. The Morgan fingerprint density at radius 3 is 2.31 bits per heavy atom. The fraction of sp³-hybridized carbons (Fsp3) is 0.381. The van der Waals surface area contributed by atoms with Gasteiger partial charge in [0.15, 0.2) is 6.61 Å². The molecule has 29 heavy (non-hydrogen) atoms. The lowest BCUT2D eigenvalue weighted by molar-refractivity contribution is -0.137. The van der Waals surface area contributed by atoms with E-state index >= 15 is 0 Å². The van der Waals surface area contributed by atoms with Gasteiger partial charge in [0.25, 0.3) is 5.91 Å². The van der Waals surface area contributed by atoms with Gasteiger partial charge in [-0.3, -0.25) is 4.79 Å². The smallest absolute Gasteiger partial charge is 0.416 e. The van der Waals surface area contributed by atoms with Gasteiger partial charge >= 0.3 is 6.18 Å². The summed E-state index contributed by atoms with van der Waals surface area (Å²) in [6.07, 6.45) is -3.70. The van der Waals surface area contributed by atoms with E-state index < -0.39 is 11.7 Å². The number of hydrogen-bond acceptors (Lipinski definition) is 4. The van der Waals surface area contributed by atoms with E-state index in [9.17, 15) is 18.0 Å². The van der Waals surface area contributed by atoms with Crippen molar-refractivity contribution >= 4 is 11.6 Å². The topological polar surface area (TPSA) is 61.8 Å². The third kappa shape index (κ3) is 7.30. The standard InChI is InChI=1S/C21H25F3N2O3/c1-2-26(20(28)15-29-19-10-4-16(14-27)5-11-19)13-3-12-25-18-8-6-17(7-9-18)21(22,23)24/h4-11,25,27H,2-3,12-15H2,1H3. The molecule has 2 rings (SSSR count). The SMILES string of the molecule is CCN(CCCNc1ccc(C(F)(F)F)cc1)C(=O)COc1ccc(CO)cc1. The minimum absolute atomic E-state index is 0.0523. The first-order valence-electron chi connectivity index (χ1n) is 9.35. The summed E-state index contributed by atoms with van der Waals surface area (Å²) in [6.45, 7) is 3.31. The molecule has 0 aliphatic heterocycles. The van der Waals surface area contributed by atoms with Crippen LogP contribution in [0.2, 0.25) is 0 Å². The second-order valence-electron chi connectivity index (χ2n) is 6.42. The number of likely N-dealkylation sites (N-methyl/N-ethyl adjacent to an activating group) is 1. The zero-order valence-corrected chi connectivity index (χ0v) is 16.2. The Kier molecular flexibility index (Phi) is 8.33. The van der Waals surface area contributed by atoms with E-state index in [2.05, 4.69) is 5.32 Å². The molecule has 0 heterocycles. The molecule has 158 valence electrons. The van der Waals surface area contributed by atoms with Crippen molar-refractivity contribution in [3.8, 4) is 5.75 Å². The third-order valence-corrected chi connectivity index (χ3v) is 4.35. The number of nitrogens with one attached hydrogen (secondary N) is 1. The third-order valence-electron chi connectivity index (χ3n) is 4.35. The average Bonchev–Trinajstić information content (AvgIpc) is 2.72. The number of amides is 1. The molecular weight excluding hydrogens is 385 g/mol. The molecule has 1 amide bonds. The summed E-state index contributed by atoms with van der Waals surface area (Å²) in [6, 6.07) is 11.7. The molecule has 0 radical (unpaired) electrons. The number of carbonyl (C=O) groups excluding carboxylic acids is 1. The van der Waals surface area contributed by atoms with Gasteiger partial charge in [-0.2, -0.15) is 13.2 Å². The zero-order chi connectivity index (χ0) is 21.3. The minimum Gasteiger partial charge on any atom is -0.484 e. The monoisotopic (exact) mass is 410 g/mol. The van der Waals surface area contributed by atoms with E-state index in [1.165, 1.54) is 12.1 Å². The summed E-state index contributed by atoms with van der Waals surface area (Å²) in [4.78, 5) is 14.0. The molecule has 2 aromatic rings. The number of carbonyl (C=O) groups is 1. The highest BCUT2D eigenvalue weighted by atomic mass is 19.4. The van der Waals surface area contributed by atoms with E-state index in [-0.39, 0.29) is 19.1 Å². The molecule has 0 fully saturated rings. The number of aliphatic hydroxyl groups excluding tert-OH is 1. The summed E-state index contributed by atoms with van der Waals surface area (Å²) < 4.78 is 43.2. The Bertz CT molecular complexity index is 762. The predicted octanol–water partition coefficient (Wildman–Crippen LogP) is 3.93. The number of ether oxygens (including phenoxy) is 1. The quantitative estimate of drug-likeness (QED) is 0.583. The van der Waals surface area contributed by atoms with E-state index in [0.29, 0.717) is 37.5 Å². The van der Waals surface area contributed by atoms with Gasteiger partial charge in [-0.15, -0.1) is 0 Å². The Morgan fingerprint density at radius 1 is 1.10 bits per heavy atom. The van der Waals surface area contributed by atoms with E-state index in [4.69, 9.17) is 9.84 Å². The van der Waals surface area contributed by atoms with Crippen molar-refractivity contribution in [2.45, 2.75) is 26.1 Å². The van der Waals surface area contributed by atoms with Crippen LogP contribution >= 0.6 is 0 Å². The van der Waals surface area contributed by atoms with Crippen molar-refractivity contribution in [1.29, 1.82) is 0 Å². The number of nitrogens with zero attached hydrogens (tertiary/aromatic N) is 1. The van der Waals surface area contributed by atoms with Gasteiger partial charge < -0.3 is 20.1 Å². The number of benzene rings is 2. The molecule has 0 atom stereocenters. The highest BCUT2D eigenvalue weighted by Crippen LogP contribution is 2.29. The molecule has 5 nitrogen and oxygen atoms in total. The highest BCUT2D eigenvalue weighted by molar-refractivity contribution is 5.77. The summed E-state index contributed by atoms with van der Waals surface area (Å²) in [5, 5.41) is 12.1. The van der Waals surface area contributed by atoms with Gasteiger partial charge in [0.05, 0.1) is 12.2 Å². The Labute approximate surface area is 168 Å². The Morgan fingerprint density at radius 2 is 1.76 bits per heavy atom. The van der Waals surface area contributed by atoms with Gasteiger partial charge in [-0.05, 0) is 55.3 Å². The number of halogens is 3. The molecule has 2 aromatic carbocycles. The summed E-state index contributed by atoms with van der Waals surface area (Å²) in [7, 11) is 0. The number of anilines is 1. The van der Waals surface area contributed by atoms with Crippen LogP contribution in [0.3, 0.4) is 0 Å². The van der Waals surface area contributed by atoms with Crippen LogP contribution in [0.15, 0.2) is 48.5 Å². The van der Waals surface area contributed by atoms with E-state index in [1.54, 1.807) is 29.2 Å². The molecule has 0 saturated carbocycles. The van der Waals surface area contributed by atoms with Crippen LogP contribution in [0.5, 0.6) is 5.75 Å². The lowest BCUT2D eigenvalue weighted by Gasteiger charge is -2.21. The number of hydrogen-bond donors (Lipinski definition) is 2. The molecule has 8 heteroatoms. The normalized spacial score (nSPS) is 11.2. The fourth-order valence-electron chi connectivity index (χ4n) is 2.67. The van der Waals surface area contributed by atoms with Gasteiger partial charge in [0, 0.05) is 25.3 Å². The van der Waals surface area contributed by atoms with Crippen LogP contribution in [0, 0.1) is 0 Å². The molecule has 0 aromatic heterocycles. The van der Waals surface area contributed by atoms with Crippen molar-refractivity contribution < 1.29 is 27.8 Å². The number of rotatable bonds is 10. The maximum absolute atomic E-state index is 12.6. The molecule has 0 saturated heterocycles. The summed E-state index contributed by atoms with van der Waals surface area (Å²) in [5.74, 6) is 0.406. The van der Waals surface area contributed by atoms with Crippen LogP contribution in [0.4, 0.5) is 18.9 Å². The van der Waals surface area contributed by atoms with Crippen LogP contribution in [-0.2, 0) is 17.6 Å². The predicted molar refractivity (Wildman–Crippen MR) is 105 cm³/mol. The van der Waals surface area contributed by atoms with Crippen molar-refractivity contribution in [1.82, 2.24) is 4.90 Å². The van der Waals surface area contributed by atoms with E-state index in [1.807, 2.05) is 6.92 Å². The van der Waals surface area contributed by atoms with Crippen molar-refractivity contribution in [3.63, 3.8) is 0 Å². The average molecular weight is 410 g/mol. The first-order valence-corrected chi connectivity index (χ1v) is 9.35. The summed E-state index contributed by atoms with van der Waals surface area (Å²) in [5.41, 5.74) is 0.679.